The molecule has 0 bridgehead atoms. The highest BCUT2D eigenvalue weighted by atomic mass is 16.6. The maximum atomic E-state index is 11.8. The Bertz CT molecular complexity index is 418. The summed E-state index contributed by atoms with van der Waals surface area (Å²) >= 11 is 0. The van der Waals surface area contributed by atoms with Crippen molar-refractivity contribution >= 4 is 5.97 Å². The zero-order valence-corrected chi connectivity index (χ0v) is 23.5. The standard InChI is InChI=1S/C29H58O6/c1-4-7-9-10-11-12-13-14-15-19-31-21-23-33-25-26-34-24-22-32-20-16-18-29(30)35-27-28(6-3)17-8-5-2/h28H,4-27H2,1-3H3. The zero-order chi connectivity index (χ0) is 25.7. The van der Waals surface area contributed by atoms with Gasteiger partial charge in [0.2, 0.25) is 0 Å². The van der Waals surface area contributed by atoms with E-state index < -0.39 is 0 Å². The van der Waals surface area contributed by atoms with Crippen LogP contribution in [0.4, 0.5) is 0 Å². The molecule has 6 nitrogen and oxygen atoms in total. The number of carbonyl (C=O) groups is 1. The first-order valence-electron chi connectivity index (χ1n) is 14.7. The van der Waals surface area contributed by atoms with Gasteiger partial charge in [0.25, 0.3) is 0 Å². The lowest BCUT2D eigenvalue weighted by molar-refractivity contribution is -0.145. The van der Waals surface area contributed by atoms with E-state index >= 15 is 0 Å². The van der Waals surface area contributed by atoms with Crippen LogP contribution in [0.5, 0.6) is 0 Å². The van der Waals surface area contributed by atoms with Crippen LogP contribution in [0, 0.1) is 5.92 Å². The highest BCUT2D eigenvalue weighted by molar-refractivity contribution is 5.69. The largest absolute Gasteiger partial charge is 0.465 e. The summed E-state index contributed by atoms with van der Waals surface area (Å²) in [5.41, 5.74) is 0. The Morgan fingerprint density at radius 2 is 1.00 bits per heavy atom. The molecule has 0 aliphatic heterocycles. The molecule has 0 N–H and O–H groups in total. The van der Waals surface area contributed by atoms with Crippen LogP contribution >= 0.6 is 0 Å². The molecule has 1 atom stereocenters. The van der Waals surface area contributed by atoms with Crippen LogP contribution in [0.15, 0.2) is 0 Å². The smallest absolute Gasteiger partial charge is 0.305 e. The SMILES string of the molecule is CCCCCCCCCCCOCCOCCOCCOCCCC(=O)OCC(CC)CCCC. The van der Waals surface area contributed by atoms with Crippen LogP contribution in [-0.2, 0) is 28.5 Å². The fourth-order valence-corrected chi connectivity index (χ4v) is 3.78. The van der Waals surface area contributed by atoms with Crippen molar-refractivity contribution < 1.29 is 28.5 Å². The Hall–Kier alpha value is -0.690. The first-order valence-corrected chi connectivity index (χ1v) is 14.7. The van der Waals surface area contributed by atoms with Gasteiger partial charge in [-0.2, -0.15) is 0 Å². The van der Waals surface area contributed by atoms with Gasteiger partial charge < -0.3 is 23.7 Å². The fraction of sp³-hybridized carbons (Fsp3) is 0.966. The van der Waals surface area contributed by atoms with E-state index in [2.05, 4.69) is 20.8 Å². The van der Waals surface area contributed by atoms with E-state index in [1.807, 2.05) is 0 Å². The van der Waals surface area contributed by atoms with Gasteiger partial charge in [-0.1, -0.05) is 91.4 Å². The Morgan fingerprint density at radius 3 is 1.51 bits per heavy atom. The van der Waals surface area contributed by atoms with Crippen molar-refractivity contribution in [2.75, 3.05) is 59.5 Å². The molecule has 1 unspecified atom stereocenters. The summed E-state index contributed by atoms with van der Waals surface area (Å²) in [5, 5.41) is 0. The molecule has 0 saturated heterocycles. The summed E-state index contributed by atoms with van der Waals surface area (Å²) in [6, 6.07) is 0. The third-order valence-corrected chi connectivity index (χ3v) is 6.20. The van der Waals surface area contributed by atoms with Gasteiger partial charge in [-0.3, -0.25) is 4.79 Å². The second-order valence-electron chi connectivity index (χ2n) is 9.48. The van der Waals surface area contributed by atoms with Crippen LogP contribution in [0.1, 0.15) is 117 Å². The summed E-state index contributed by atoms with van der Waals surface area (Å²) in [7, 11) is 0. The van der Waals surface area contributed by atoms with Crippen molar-refractivity contribution in [2.24, 2.45) is 5.92 Å². The van der Waals surface area contributed by atoms with E-state index in [1.54, 1.807) is 0 Å². The van der Waals surface area contributed by atoms with Crippen LogP contribution < -0.4 is 0 Å². The zero-order valence-electron chi connectivity index (χ0n) is 23.5. The summed E-state index contributed by atoms with van der Waals surface area (Å²) in [6.45, 7) is 12.0. The summed E-state index contributed by atoms with van der Waals surface area (Å²) < 4.78 is 27.6. The van der Waals surface area contributed by atoms with E-state index in [4.69, 9.17) is 23.7 Å². The van der Waals surface area contributed by atoms with Crippen molar-refractivity contribution in [1.29, 1.82) is 0 Å². The lowest BCUT2D eigenvalue weighted by Gasteiger charge is -2.14. The van der Waals surface area contributed by atoms with Crippen molar-refractivity contribution in [3.63, 3.8) is 0 Å². The Balaban J connectivity index is 3.20. The minimum Gasteiger partial charge on any atom is -0.465 e. The molecule has 0 heterocycles. The van der Waals surface area contributed by atoms with Gasteiger partial charge in [0.05, 0.1) is 46.2 Å². The molecule has 0 spiro atoms. The molecular formula is C29H58O6. The molecule has 0 radical (unpaired) electrons. The lowest BCUT2D eigenvalue weighted by atomic mass is 10.0. The second-order valence-corrected chi connectivity index (χ2v) is 9.48. The topological polar surface area (TPSA) is 63.2 Å². The second kappa shape index (κ2) is 29.5. The first-order chi connectivity index (χ1) is 17.2. The van der Waals surface area contributed by atoms with Gasteiger partial charge in [0.1, 0.15) is 0 Å². The number of esters is 1. The quantitative estimate of drug-likeness (QED) is 0.0801. The maximum Gasteiger partial charge on any atom is 0.305 e. The molecule has 0 saturated carbocycles. The summed E-state index contributed by atoms with van der Waals surface area (Å²) in [5.74, 6) is 0.377. The predicted molar refractivity (Wildman–Crippen MR) is 144 cm³/mol. The van der Waals surface area contributed by atoms with Crippen LogP contribution in [-0.4, -0.2) is 65.4 Å². The number of hydrogen-bond acceptors (Lipinski definition) is 6. The van der Waals surface area contributed by atoms with Gasteiger partial charge in [-0.05, 0) is 25.2 Å². The molecule has 0 aliphatic carbocycles. The Morgan fingerprint density at radius 1 is 0.543 bits per heavy atom. The third-order valence-electron chi connectivity index (χ3n) is 6.20. The van der Waals surface area contributed by atoms with Crippen LogP contribution in [0.25, 0.3) is 0 Å². The summed E-state index contributed by atoms with van der Waals surface area (Å²) in [6.07, 6.45) is 17.7. The number of ether oxygens (including phenoxy) is 5. The normalized spacial score (nSPS) is 12.2. The Labute approximate surface area is 217 Å². The third kappa shape index (κ3) is 27.7. The molecule has 0 rings (SSSR count). The van der Waals surface area contributed by atoms with Crippen LogP contribution in [0.3, 0.4) is 0 Å². The van der Waals surface area contributed by atoms with E-state index in [0.717, 1.165) is 25.9 Å². The number of hydrogen-bond donors (Lipinski definition) is 0. The molecule has 210 valence electrons. The molecule has 0 aromatic heterocycles. The maximum absolute atomic E-state index is 11.8. The van der Waals surface area contributed by atoms with E-state index in [0.29, 0.717) is 71.6 Å². The lowest BCUT2D eigenvalue weighted by Crippen LogP contribution is -2.15. The van der Waals surface area contributed by atoms with Crippen molar-refractivity contribution in [3.8, 4) is 0 Å². The molecular weight excluding hydrogens is 444 g/mol. The van der Waals surface area contributed by atoms with Gasteiger partial charge in [0, 0.05) is 19.6 Å². The predicted octanol–water partition coefficient (Wildman–Crippen LogP) is 7.12. The molecule has 6 heteroatoms. The minimum atomic E-state index is -0.117. The van der Waals surface area contributed by atoms with E-state index in [-0.39, 0.29) is 5.97 Å². The van der Waals surface area contributed by atoms with Crippen molar-refractivity contribution in [3.05, 3.63) is 0 Å². The molecule has 0 amide bonds. The molecule has 0 aromatic carbocycles. The highest BCUT2D eigenvalue weighted by Crippen LogP contribution is 2.13. The average Bonchev–Trinajstić information content (AvgIpc) is 2.87. The molecule has 0 aromatic rings. The van der Waals surface area contributed by atoms with Gasteiger partial charge >= 0.3 is 5.97 Å². The molecule has 35 heavy (non-hydrogen) atoms. The van der Waals surface area contributed by atoms with Gasteiger partial charge in [0.15, 0.2) is 0 Å². The van der Waals surface area contributed by atoms with E-state index in [1.165, 1.54) is 64.2 Å². The van der Waals surface area contributed by atoms with E-state index in [9.17, 15) is 4.79 Å². The average molecular weight is 503 g/mol. The van der Waals surface area contributed by atoms with Gasteiger partial charge in [-0.15, -0.1) is 0 Å². The first kappa shape index (κ1) is 34.3. The van der Waals surface area contributed by atoms with Crippen LogP contribution in [0.2, 0.25) is 0 Å². The molecule has 0 aliphatic rings. The number of carbonyl (C=O) groups excluding carboxylic acids is 1. The number of unbranched alkanes of at least 4 members (excludes halogenated alkanes) is 9. The number of rotatable bonds is 29. The van der Waals surface area contributed by atoms with Crippen molar-refractivity contribution in [2.45, 2.75) is 117 Å². The van der Waals surface area contributed by atoms with Crippen molar-refractivity contribution in [1.82, 2.24) is 0 Å². The summed E-state index contributed by atoms with van der Waals surface area (Å²) in [4.78, 5) is 11.8. The van der Waals surface area contributed by atoms with Gasteiger partial charge in [-0.25, -0.2) is 0 Å². The highest BCUT2D eigenvalue weighted by Gasteiger charge is 2.09. The fourth-order valence-electron chi connectivity index (χ4n) is 3.78. The Kier molecular flexibility index (Phi) is 29.0. The monoisotopic (exact) mass is 502 g/mol. The molecule has 0 fully saturated rings. The minimum absolute atomic E-state index is 0.117.